The molecule has 41 heavy (non-hydrogen) atoms. The van der Waals surface area contributed by atoms with E-state index in [4.69, 9.17) is 4.98 Å². The molecule has 0 N–H and O–H groups in total. The van der Waals surface area contributed by atoms with Crippen LogP contribution in [0.25, 0.3) is 39.3 Å². The van der Waals surface area contributed by atoms with Crippen molar-refractivity contribution in [2.75, 3.05) is 0 Å². The van der Waals surface area contributed by atoms with Crippen molar-refractivity contribution in [2.24, 2.45) is 0 Å². The average molecular weight is 537 g/mol. The van der Waals surface area contributed by atoms with Gasteiger partial charge < -0.3 is 0 Å². The number of aromatic nitrogens is 2. The molecule has 2 heteroatoms. The molecule has 0 aliphatic heterocycles. The molecule has 2 nitrogen and oxygen atoms in total. The molecule has 0 atom stereocenters. The Labute approximate surface area is 245 Å². The van der Waals surface area contributed by atoms with Crippen molar-refractivity contribution in [1.82, 2.24) is 9.55 Å². The van der Waals surface area contributed by atoms with E-state index in [0.29, 0.717) is 11.8 Å². The van der Waals surface area contributed by atoms with E-state index in [-0.39, 0.29) is 0 Å². The van der Waals surface area contributed by atoms with Crippen molar-refractivity contribution >= 4 is 0 Å². The molecule has 2 saturated carbocycles. The summed E-state index contributed by atoms with van der Waals surface area (Å²) in [5, 5.41) is 0. The molecule has 0 radical (unpaired) electrons. The predicted octanol–water partition coefficient (Wildman–Crippen LogP) is 11.0. The molecule has 2 aliphatic rings. The van der Waals surface area contributed by atoms with Crippen LogP contribution in [-0.2, 0) is 0 Å². The molecule has 0 bridgehead atoms. The zero-order valence-electron chi connectivity index (χ0n) is 24.0. The van der Waals surface area contributed by atoms with Crippen LogP contribution in [0.4, 0.5) is 0 Å². The van der Waals surface area contributed by atoms with Crippen LogP contribution in [-0.4, -0.2) is 9.55 Å². The molecular weight excluding hydrogens is 496 g/mol. The minimum absolute atomic E-state index is 0.593. The Balaban J connectivity index is 1.43. The molecule has 7 rings (SSSR count). The fourth-order valence-electron chi connectivity index (χ4n) is 7.37. The number of imidazole rings is 1. The highest BCUT2D eigenvalue weighted by Gasteiger charge is 2.28. The highest BCUT2D eigenvalue weighted by Crippen LogP contribution is 2.45. The maximum Gasteiger partial charge on any atom is 0.144 e. The van der Waals surface area contributed by atoms with E-state index in [9.17, 15) is 0 Å². The lowest BCUT2D eigenvalue weighted by Crippen LogP contribution is -2.15. The lowest BCUT2D eigenvalue weighted by molar-refractivity contribution is 0.434. The summed E-state index contributed by atoms with van der Waals surface area (Å²) in [7, 11) is 0. The highest BCUT2D eigenvalue weighted by atomic mass is 15.1. The van der Waals surface area contributed by atoms with Gasteiger partial charge in [-0.25, -0.2) is 4.98 Å². The topological polar surface area (TPSA) is 17.8 Å². The number of benzene rings is 4. The van der Waals surface area contributed by atoms with Gasteiger partial charge in [0.15, 0.2) is 0 Å². The monoisotopic (exact) mass is 536 g/mol. The largest absolute Gasteiger partial charge is 0.299 e. The van der Waals surface area contributed by atoms with E-state index >= 15 is 0 Å². The van der Waals surface area contributed by atoms with Crippen LogP contribution < -0.4 is 0 Å². The first-order valence-corrected chi connectivity index (χ1v) is 15.8. The Morgan fingerprint density at radius 2 is 1.00 bits per heavy atom. The van der Waals surface area contributed by atoms with Crippen LogP contribution in [0.15, 0.2) is 109 Å². The third-order valence-electron chi connectivity index (χ3n) is 9.48. The normalized spacial score (nSPS) is 16.6. The Hall–Kier alpha value is -3.91. The van der Waals surface area contributed by atoms with Crippen LogP contribution in [0.5, 0.6) is 0 Å². The molecule has 0 saturated heterocycles. The lowest BCUT2D eigenvalue weighted by atomic mass is 9.77. The van der Waals surface area contributed by atoms with Gasteiger partial charge in [0.25, 0.3) is 0 Å². The first-order chi connectivity index (χ1) is 20.3. The van der Waals surface area contributed by atoms with Gasteiger partial charge in [-0.1, -0.05) is 117 Å². The molecular formula is C39H40N2. The van der Waals surface area contributed by atoms with Gasteiger partial charge in [-0.2, -0.15) is 0 Å². The quantitative estimate of drug-likeness (QED) is 0.211. The third kappa shape index (κ3) is 5.40. The van der Waals surface area contributed by atoms with Crippen molar-refractivity contribution in [3.05, 3.63) is 121 Å². The summed E-state index contributed by atoms with van der Waals surface area (Å²) in [5.41, 5.74) is 10.8. The number of rotatable bonds is 6. The molecule has 206 valence electrons. The van der Waals surface area contributed by atoms with Gasteiger partial charge in [-0.05, 0) is 89.1 Å². The van der Waals surface area contributed by atoms with Gasteiger partial charge in [0, 0.05) is 18.0 Å². The van der Waals surface area contributed by atoms with Crippen molar-refractivity contribution < 1.29 is 0 Å². The fourth-order valence-corrected chi connectivity index (χ4v) is 7.37. The predicted molar refractivity (Wildman–Crippen MR) is 172 cm³/mol. The van der Waals surface area contributed by atoms with Crippen LogP contribution in [0, 0.1) is 0 Å². The summed E-state index contributed by atoms with van der Waals surface area (Å²) in [6, 6.07) is 35.7. The van der Waals surface area contributed by atoms with Gasteiger partial charge in [0.1, 0.15) is 5.82 Å². The molecule has 1 aromatic heterocycles. The minimum atomic E-state index is 0.593. The van der Waals surface area contributed by atoms with Crippen LogP contribution >= 0.6 is 0 Å². The Morgan fingerprint density at radius 1 is 0.488 bits per heavy atom. The number of hydrogen-bond acceptors (Lipinski definition) is 1. The fraction of sp³-hybridized carbons (Fsp3) is 0.308. The molecule has 1 heterocycles. The molecule has 5 aromatic rings. The molecule has 4 aromatic carbocycles. The number of nitrogens with zero attached hydrogens (tertiary/aromatic N) is 2. The third-order valence-corrected chi connectivity index (χ3v) is 9.48. The van der Waals surface area contributed by atoms with Crippen LogP contribution in [0.2, 0.25) is 0 Å². The Morgan fingerprint density at radius 3 is 1.59 bits per heavy atom. The minimum Gasteiger partial charge on any atom is -0.299 e. The summed E-state index contributed by atoms with van der Waals surface area (Å²) in [4.78, 5) is 5.01. The highest BCUT2D eigenvalue weighted by molar-refractivity contribution is 5.74. The van der Waals surface area contributed by atoms with Crippen LogP contribution in [0.1, 0.15) is 87.2 Å². The SMILES string of the molecule is c1ccc(-c2cccc(-c3nccn3-c3c(C4CCCCC4)cc(-c4ccccc4)cc3C3CCCCC3)c2)cc1. The number of hydrogen-bond donors (Lipinski definition) is 0. The van der Waals surface area contributed by atoms with Crippen molar-refractivity contribution in [3.63, 3.8) is 0 Å². The van der Waals surface area contributed by atoms with Gasteiger partial charge in [0.05, 0.1) is 5.69 Å². The molecule has 0 amide bonds. The average Bonchev–Trinajstić information content (AvgIpc) is 3.56. The maximum absolute atomic E-state index is 5.01. The molecule has 2 fully saturated rings. The van der Waals surface area contributed by atoms with E-state index in [1.807, 2.05) is 6.20 Å². The summed E-state index contributed by atoms with van der Waals surface area (Å²) in [5.74, 6) is 2.23. The van der Waals surface area contributed by atoms with Gasteiger partial charge >= 0.3 is 0 Å². The second-order valence-electron chi connectivity index (χ2n) is 12.1. The summed E-state index contributed by atoms with van der Waals surface area (Å²) in [6.45, 7) is 0. The van der Waals surface area contributed by atoms with E-state index < -0.39 is 0 Å². The second-order valence-corrected chi connectivity index (χ2v) is 12.1. The van der Waals surface area contributed by atoms with E-state index in [1.54, 1.807) is 0 Å². The Bertz CT molecular complexity index is 1550. The molecule has 0 unspecified atom stereocenters. The Kier molecular flexibility index (Phi) is 7.56. The van der Waals surface area contributed by atoms with E-state index in [1.165, 1.54) is 109 Å². The van der Waals surface area contributed by atoms with E-state index in [2.05, 4.69) is 108 Å². The van der Waals surface area contributed by atoms with Gasteiger partial charge in [0.2, 0.25) is 0 Å². The molecule has 0 spiro atoms. The van der Waals surface area contributed by atoms with Gasteiger partial charge in [-0.15, -0.1) is 0 Å². The van der Waals surface area contributed by atoms with E-state index in [0.717, 1.165) is 5.82 Å². The summed E-state index contributed by atoms with van der Waals surface area (Å²) < 4.78 is 2.45. The van der Waals surface area contributed by atoms with Crippen molar-refractivity contribution in [2.45, 2.75) is 76.0 Å². The second kappa shape index (κ2) is 11.9. The standard InChI is InChI=1S/C39H40N2/c1-5-14-29(15-6-1)33-22-13-23-34(26-33)39-40-24-25-41(39)38-36(31-18-9-3-10-19-31)27-35(30-16-7-2-8-17-30)28-37(38)32-20-11-4-12-21-32/h1-2,5-8,13-17,22-28,31-32H,3-4,9-12,18-21H2. The zero-order valence-corrected chi connectivity index (χ0v) is 24.0. The first-order valence-electron chi connectivity index (χ1n) is 15.8. The summed E-state index contributed by atoms with van der Waals surface area (Å²) in [6.07, 6.45) is 17.4. The summed E-state index contributed by atoms with van der Waals surface area (Å²) >= 11 is 0. The maximum atomic E-state index is 5.01. The zero-order chi connectivity index (χ0) is 27.4. The molecule has 2 aliphatic carbocycles. The van der Waals surface area contributed by atoms with Crippen molar-refractivity contribution in [1.29, 1.82) is 0 Å². The first kappa shape index (κ1) is 26.0. The van der Waals surface area contributed by atoms with Gasteiger partial charge in [-0.3, -0.25) is 4.57 Å². The lowest BCUT2D eigenvalue weighted by Gasteiger charge is -2.31. The van der Waals surface area contributed by atoms with Crippen molar-refractivity contribution in [3.8, 4) is 39.3 Å². The van der Waals surface area contributed by atoms with Crippen LogP contribution in [0.3, 0.4) is 0 Å². The smallest absolute Gasteiger partial charge is 0.144 e.